The van der Waals surface area contributed by atoms with Gasteiger partial charge in [-0.2, -0.15) is 0 Å². The molecule has 0 spiro atoms. The van der Waals surface area contributed by atoms with E-state index in [1.165, 1.54) is 18.3 Å². The van der Waals surface area contributed by atoms with Crippen LogP contribution in [0.2, 0.25) is 10.0 Å². The Morgan fingerprint density at radius 2 is 1.81 bits per heavy atom. The monoisotopic (exact) mass is 265 g/mol. The minimum absolute atomic E-state index is 0.114. The maximum atomic E-state index is 12.4. The van der Waals surface area contributed by atoms with Gasteiger partial charge in [0.25, 0.3) is 6.43 Å². The summed E-state index contributed by atoms with van der Waals surface area (Å²) in [4.78, 5) is 2.76. The summed E-state index contributed by atoms with van der Waals surface area (Å²) in [5.41, 5.74) is 0.674. The number of H-pyrrole nitrogens is 1. The van der Waals surface area contributed by atoms with Gasteiger partial charge in [-0.05, 0) is 12.1 Å². The van der Waals surface area contributed by atoms with Crippen LogP contribution in [0.5, 0.6) is 0 Å². The predicted molar refractivity (Wildman–Crippen MR) is 59.3 cm³/mol. The third-order valence-electron chi connectivity index (χ3n) is 2.31. The van der Waals surface area contributed by atoms with Crippen LogP contribution in [0.15, 0.2) is 18.3 Å². The van der Waals surface area contributed by atoms with Crippen LogP contribution in [0, 0.1) is 0 Å². The van der Waals surface area contributed by atoms with Crippen molar-refractivity contribution in [2.45, 2.75) is 12.5 Å². The first-order valence-electron chi connectivity index (χ1n) is 4.43. The van der Waals surface area contributed by atoms with E-state index in [1.54, 1.807) is 0 Å². The normalized spacial score (nSPS) is 13.6. The topological polar surface area (TPSA) is 36.0 Å². The van der Waals surface area contributed by atoms with E-state index >= 15 is 0 Å². The number of halogens is 4. The van der Waals surface area contributed by atoms with Gasteiger partial charge < -0.3 is 10.1 Å². The van der Waals surface area contributed by atoms with Gasteiger partial charge in [0.2, 0.25) is 0 Å². The molecule has 6 heteroatoms. The van der Waals surface area contributed by atoms with E-state index in [2.05, 4.69) is 4.98 Å². The maximum Gasteiger partial charge on any atom is 0.268 e. The molecule has 2 aromatic rings. The number of aliphatic hydroxyl groups excluding tert-OH is 1. The Hall–Kier alpha value is -0.840. The van der Waals surface area contributed by atoms with Gasteiger partial charge in [-0.25, -0.2) is 8.78 Å². The average molecular weight is 266 g/mol. The van der Waals surface area contributed by atoms with E-state index in [4.69, 9.17) is 23.2 Å². The molecular formula is C10H7Cl2F2NO. The molecule has 1 aromatic carbocycles. The number of hydrogen-bond donors (Lipinski definition) is 2. The number of alkyl halides is 2. The third kappa shape index (κ3) is 1.88. The molecule has 0 amide bonds. The lowest BCUT2D eigenvalue weighted by atomic mass is 10.1. The Labute approximate surface area is 99.8 Å². The van der Waals surface area contributed by atoms with Crippen molar-refractivity contribution in [2.24, 2.45) is 0 Å². The summed E-state index contributed by atoms with van der Waals surface area (Å²) < 4.78 is 24.8. The number of hydrogen-bond acceptors (Lipinski definition) is 1. The molecule has 1 aromatic heterocycles. The van der Waals surface area contributed by atoms with Gasteiger partial charge in [0.05, 0.1) is 10.0 Å². The highest BCUT2D eigenvalue weighted by molar-refractivity contribution is 6.42. The highest BCUT2D eigenvalue weighted by Gasteiger charge is 2.22. The van der Waals surface area contributed by atoms with Gasteiger partial charge in [0.15, 0.2) is 0 Å². The summed E-state index contributed by atoms with van der Waals surface area (Å²) >= 11 is 11.6. The molecule has 0 aliphatic carbocycles. The fraction of sp³-hybridized carbons (Fsp3) is 0.200. The molecule has 1 heterocycles. The molecule has 1 unspecified atom stereocenters. The molecule has 0 radical (unpaired) electrons. The van der Waals surface area contributed by atoms with Crippen molar-refractivity contribution < 1.29 is 13.9 Å². The molecule has 0 saturated heterocycles. The fourth-order valence-corrected chi connectivity index (χ4v) is 1.85. The molecule has 0 aliphatic rings. The summed E-state index contributed by atoms with van der Waals surface area (Å²) in [6.07, 6.45) is -3.34. The van der Waals surface area contributed by atoms with Crippen molar-refractivity contribution in [2.75, 3.05) is 0 Å². The van der Waals surface area contributed by atoms with Crippen molar-refractivity contribution in [1.29, 1.82) is 0 Å². The van der Waals surface area contributed by atoms with E-state index < -0.39 is 12.5 Å². The van der Waals surface area contributed by atoms with Gasteiger partial charge >= 0.3 is 0 Å². The van der Waals surface area contributed by atoms with Crippen LogP contribution in [0.3, 0.4) is 0 Å². The number of rotatable bonds is 2. The van der Waals surface area contributed by atoms with Crippen LogP contribution in [-0.4, -0.2) is 16.5 Å². The van der Waals surface area contributed by atoms with Crippen LogP contribution < -0.4 is 0 Å². The lowest BCUT2D eigenvalue weighted by Gasteiger charge is -2.08. The Morgan fingerprint density at radius 3 is 2.44 bits per heavy atom. The summed E-state index contributed by atoms with van der Waals surface area (Å²) in [6.45, 7) is 0. The molecule has 2 N–H and O–H groups in total. The van der Waals surface area contributed by atoms with Gasteiger partial charge in [0, 0.05) is 22.7 Å². The minimum Gasteiger partial charge on any atom is -0.382 e. The van der Waals surface area contributed by atoms with Crippen LogP contribution in [-0.2, 0) is 0 Å². The smallest absolute Gasteiger partial charge is 0.268 e. The lowest BCUT2D eigenvalue weighted by molar-refractivity contribution is -0.00494. The molecule has 1 atom stereocenters. The molecule has 2 rings (SSSR count). The first-order valence-corrected chi connectivity index (χ1v) is 5.18. The van der Waals surface area contributed by atoms with Crippen molar-refractivity contribution >= 4 is 34.1 Å². The molecule has 16 heavy (non-hydrogen) atoms. The first-order chi connectivity index (χ1) is 7.50. The van der Waals surface area contributed by atoms with Gasteiger partial charge in [0.1, 0.15) is 6.10 Å². The van der Waals surface area contributed by atoms with Gasteiger partial charge in [-0.3, -0.25) is 0 Å². The summed E-state index contributed by atoms with van der Waals surface area (Å²) in [6, 6.07) is 2.98. The predicted octanol–water partition coefficient (Wildman–Crippen LogP) is 3.77. The highest BCUT2D eigenvalue weighted by Crippen LogP contribution is 2.33. The number of aromatic amines is 1. The zero-order valence-corrected chi connectivity index (χ0v) is 9.36. The molecule has 0 saturated carbocycles. The quantitative estimate of drug-likeness (QED) is 0.852. The zero-order valence-electron chi connectivity index (χ0n) is 7.85. The van der Waals surface area contributed by atoms with E-state index in [9.17, 15) is 13.9 Å². The Morgan fingerprint density at radius 1 is 1.19 bits per heavy atom. The second kappa shape index (κ2) is 4.20. The third-order valence-corrected chi connectivity index (χ3v) is 3.03. The average Bonchev–Trinajstić information content (AvgIpc) is 2.60. The summed E-state index contributed by atoms with van der Waals surface area (Å²) in [5, 5.41) is 10.3. The number of benzene rings is 1. The molecule has 0 aliphatic heterocycles. The second-order valence-electron chi connectivity index (χ2n) is 3.34. The SMILES string of the molecule is OC(c1c[nH]c2cc(Cl)c(Cl)cc12)C(F)F. The number of aromatic nitrogens is 1. The van der Waals surface area contributed by atoms with E-state index in [1.807, 2.05) is 0 Å². The fourth-order valence-electron chi connectivity index (χ4n) is 1.52. The van der Waals surface area contributed by atoms with Crippen LogP contribution >= 0.6 is 23.2 Å². The number of nitrogens with one attached hydrogen (secondary N) is 1. The standard InChI is InChI=1S/C10H7Cl2F2NO/c11-6-1-4-5(9(16)10(13)14)3-15-8(4)2-7(6)12/h1-3,9-10,15-16H. The Kier molecular flexibility index (Phi) is 3.06. The maximum absolute atomic E-state index is 12.4. The van der Waals surface area contributed by atoms with Crippen molar-refractivity contribution in [1.82, 2.24) is 4.98 Å². The van der Waals surface area contributed by atoms with E-state index in [-0.39, 0.29) is 10.6 Å². The highest BCUT2D eigenvalue weighted by atomic mass is 35.5. The van der Waals surface area contributed by atoms with Crippen LogP contribution in [0.25, 0.3) is 10.9 Å². The molecule has 0 bridgehead atoms. The Bertz CT molecular complexity index is 527. The summed E-state index contributed by atoms with van der Waals surface area (Å²) in [7, 11) is 0. The zero-order chi connectivity index (χ0) is 11.9. The number of aliphatic hydroxyl groups is 1. The van der Waals surface area contributed by atoms with E-state index in [0.29, 0.717) is 15.9 Å². The lowest BCUT2D eigenvalue weighted by Crippen LogP contribution is -2.07. The van der Waals surface area contributed by atoms with Gasteiger partial charge in [-0.15, -0.1) is 0 Å². The Balaban J connectivity index is 2.60. The van der Waals surface area contributed by atoms with Crippen molar-refractivity contribution in [3.8, 4) is 0 Å². The summed E-state index contributed by atoms with van der Waals surface area (Å²) in [5.74, 6) is 0. The van der Waals surface area contributed by atoms with Crippen molar-refractivity contribution in [3.63, 3.8) is 0 Å². The first kappa shape index (κ1) is 11.6. The van der Waals surface area contributed by atoms with Crippen LogP contribution in [0.4, 0.5) is 8.78 Å². The van der Waals surface area contributed by atoms with E-state index in [0.717, 1.165) is 0 Å². The largest absolute Gasteiger partial charge is 0.382 e. The van der Waals surface area contributed by atoms with Crippen LogP contribution in [0.1, 0.15) is 11.7 Å². The molecule has 0 fully saturated rings. The van der Waals surface area contributed by atoms with Crippen molar-refractivity contribution in [3.05, 3.63) is 33.9 Å². The van der Waals surface area contributed by atoms with Gasteiger partial charge in [-0.1, -0.05) is 23.2 Å². The number of fused-ring (bicyclic) bond motifs is 1. The molecule has 2 nitrogen and oxygen atoms in total. The minimum atomic E-state index is -2.84. The molecular weight excluding hydrogens is 259 g/mol. The molecule has 86 valence electrons. The second-order valence-corrected chi connectivity index (χ2v) is 4.15.